The van der Waals surface area contributed by atoms with Gasteiger partial charge in [0.2, 0.25) is 0 Å². The molecule has 128 valence electrons. The number of nitro groups is 1. The van der Waals surface area contributed by atoms with E-state index in [-0.39, 0.29) is 12.3 Å². The summed E-state index contributed by atoms with van der Waals surface area (Å²) in [7, 11) is 3.78. The topological polar surface area (TPSA) is 70.8 Å². The van der Waals surface area contributed by atoms with Crippen LogP contribution in [-0.4, -0.2) is 29.4 Å². The molecule has 0 radical (unpaired) electrons. The van der Waals surface area contributed by atoms with Crippen molar-refractivity contribution in [1.29, 1.82) is 0 Å². The van der Waals surface area contributed by atoms with Gasteiger partial charge in [-0.1, -0.05) is 12.1 Å². The van der Waals surface area contributed by atoms with Gasteiger partial charge < -0.3 is 14.2 Å². The first-order valence-electron chi connectivity index (χ1n) is 7.48. The first kappa shape index (κ1) is 17.8. The zero-order valence-corrected chi connectivity index (χ0v) is 16.5. The van der Waals surface area contributed by atoms with Crippen molar-refractivity contribution >= 4 is 21.1 Å². The van der Waals surface area contributed by atoms with E-state index in [4.69, 9.17) is 14.2 Å². The molecular weight excluding hydrogens is 326 g/mol. The van der Waals surface area contributed by atoms with E-state index >= 15 is 0 Å². The summed E-state index contributed by atoms with van der Waals surface area (Å²) in [6.45, 7) is 4.10. The molecule has 0 unspecified atom stereocenters. The van der Waals surface area contributed by atoms with Crippen molar-refractivity contribution in [2.75, 3.05) is 14.2 Å². The summed E-state index contributed by atoms with van der Waals surface area (Å²) in [5.74, 6) is 1.57. The lowest BCUT2D eigenvalue weighted by Crippen LogP contribution is -2.12. The van der Waals surface area contributed by atoms with Crippen LogP contribution < -0.4 is 19.4 Å². The van der Waals surface area contributed by atoms with Crippen LogP contribution in [-0.2, 0) is 6.61 Å². The third kappa shape index (κ3) is 3.51. The summed E-state index contributed by atoms with van der Waals surface area (Å²) in [6, 6.07) is 7.05. The second kappa shape index (κ2) is 7.35. The lowest BCUT2D eigenvalue weighted by molar-refractivity contribution is -0.385. The molecule has 0 heterocycles. The summed E-state index contributed by atoms with van der Waals surface area (Å²) in [5.41, 5.74) is 2.59. The average Bonchev–Trinajstić information content (AvgIpc) is 2.57. The molecule has 0 aromatic heterocycles. The fourth-order valence-corrected chi connectivity index (χ4v) is 3.18. The van der Waals surface area contributed by atoms with E-state index in [2.05, 4.69) is 6.07 Å². The molecule has 6 nitrogen and oxygen atoms in total. The van der Waals surface area contributed by atoms with Gasteiger partial charge in [0, 0.05) is 10.2 Å². The highest BCUT2D eigenvalue weighted by molar-refractivity contribution is 6.34. The summed E-state index contributed by atoms with van der Waals surface area (Å²) in [6.07, 6.45) is 0. The lowest BCUT2D eigenvalue weighted by atomic mass is 10.1. The molecule has 0 spiro atoms. The van der Waals surface area contributed by atoms with Crippen LogP contribution in [0.4, 0.5) is 5.69 Å². The molecule has 0 aliphatic rings. The fourth-order valence-electron chi connectivity index (χ4n) is 2.49. The number of benzene rings is 2. The van der Waals surface area contributed by atoms with Gasteiger partial charge in [0.15, 0.2) is 11.5 Å². The third-order valence-corrected chi connectivity index (χ3v) is 4.81. The number of nitro benzene ring substituents is 1. The Hall–Kier alpha value is -2.54. The van der Waals surface area contributed by atoms with Gasteiger partial charge in [0.25, 0.3) is 5.69 Å². The van der Waals surface area contributed by atoms with E-state index in [0.29, 0.717) is 17.1 Å². The minimum atomic E-state index is -0.439. The van der Waals surface area contributed by atoms with Crippen molar-refractivity contribution in [3.8, 4) is 17.2 Å². The second-order valence-electron chi connectivity index (χ2n) is 5.54. The highest BCUT2D eigenvalue weighted by Gasteiger charge is 2.20. The van der Waals surface area contributed by atoms with Crippen molar-refractivity contribution in [2.24, 2.45) is 0 Å². The van der Waals surface area contributed by atoms with E-state index in [9.17, 15) is 10.1 Å². The molecule has 2 aromatic rings. The van der Waals surface area contributed by atoms with Gasteiger partial charge >= 0.3 is 0 Å². The molecule has 0 fully saturated rings. The van der Waals surface area contributed by atoms with Crippen LogP contribution >= 0.6 is 0 Å². The third-order valence-electron chi connectivity index (χ3n) is 4.03. The van der Waals surface area contributed by atoms with Crippen molar-refractivity contribution in [3.05, 3.63) is 51.1 Å². The maximum atomic E-state index is 11.3. The predicted octanol–water partition coefficient (Wildman–Crippen LogP) is 1.80. The smallest absolute Gasteiger partial charge is 0.280 e. The Kier molecular flexibility index (Phi) is 5.45. The quantitative estimate of drug-likeness (QED) is 0.453. The first-order chi connectivity index (χ1) is 11.4. The summed E-state index contributed by atoms with van der Waals surface area (Å²) in [4.78, 5) is 10.9. The van der Waals surface area contributed by atoms with Crippen LogP contribution in [0.1, 0.15) is 16.7 Å². The van der Waals surface area contributed by atoms with Gasteiger partial charge in [-0.2, -0.15) is 0 Å². The molecular formula is C17H21NO5Si. The average molecular weight is 347 g/mol. The Morgan fingerprint density at radius 2 is 1.75 bits per heavy atom. The van der Waals surface area contributed by atoms with Crippen LogP contribution in [0.25, 0.3) is 0 Å². The van der Waals surface area contributed by atoms with E-state index in [1.807, 2.05) is 19.9 Å². The van der Waals surface area contributed by atoms with Crippen LogP contribution in [0, 0.1) is 24.0 Å². The lowest BCUT2D eigenvalue weighted by Gasteiger charge is -2.15. The molecule has 0 N–H and O–H groups in total. The van der Waals surface area contributed by atoms with E-state index < -0.39 is 4.92 Å². The first-order valence-corrected chi connectivity index (χ1v) is 8.48. The minimum absolute atomic E-state index is 0.0483. The van der Waals surface area contributed by atoms with Crippen LogP contribution in [0.2, 0.25) is 0 Å². The summed E-state index contributed by atoms with van der Waals surface area (Å²) < 4.78 is 16.3. The van der Waals surface area contributed by atoms with Gasteiger partial charge in [-0.05, 0) is 36.2 Å². The van der Waals surface area contributed by atoms with Gasteiger partial charge in [-0.3, -0.25) is 10.1 Å². The number of hydrogen-bond acceptors (Lipinski definition) is 5. The monoisotopic (exact) mass is 347 g/mol. The highest BCUT2D eigenvalue weighted by Crippen LogP contribution is 2.35. The van der Waals surface area contributed by atoms with E-state index in [1.54, 1.807) is 6.07 Å². The van der Waals surface area contributed by atoms with Crippen molar-refractivity contribution in [2.45, 2.75) is 20.5 Å². The molecule has 0 bridgehead atoms. The molecule has 0 amide bonds. The number of aryl methyl sites for hydroxylation is 1. The van der Waals surface area contributed by atoms with E-state index in [1.165, 1.54) is 20.3 Å². The molecule has 0 aliphatic heterocycles. The number of methoxy groups -OCH3 is 2. The molecule has 0 saturated carbocycles. The molecule has 2 aromatic carbocycles. The van der Waals surface area contributed by atoms with Crippen molar-refractivity contribution in [1.82, 2.24) is 0 Å². The molecule has 0 atom stereocenters. The number of rotatable bonds is 6. The van der Waals surface area contributed by atoms with Gasteiger partial charge in [-0.25, -0.2) is 0 Å². The van der Waals surface area contributed by atoms with Crippen LogP contribution in [0.3, 0.4) is 0 Å². The SMILES string of the molecule is COc1cc(COc2c([SiH3])ccc(C)c2C)c([N+](=O)[O-])cc1OC. The Bertz CT molecular complexity index is 776. The fraction of sp³-hybridized carbons (Fsp3) is 0.294. The largest absolute Gasteiger partial charge is 0.493 e. The van der Waals surface area contributed by atoms with Gasteiger partial charge in [-0.15, -0.1) is 0 Å². The minimum Gasteiger partial charge on any atom is -0.493 e. The maximum absolute atomic E-state index is 11.3. The maximum Gasteiger partial charge on any atom is 0.280 e. The standard InChI is InChI=1S/C17H21NO5Si/c1-10-5-6-16(24)17(11(10)2)23-9-12-7-14(21-3)15(22-4)8-13(12)18(19)20/h5-8H,9H2,1-4,24H3. The van der Waals surface area contributed by atoms with Gasteiger partial charge in [0.1, 0.15) is 12.4 Å². The number of nitrogens with zero attached hydrogens (tertiary/aromatic N) is 1. The molecule has 24 heavy (non-hydrogen) atoms. The second-order valence-corrected chi connectivity index (χ2v) is 6.61. The highest BCUT2D eigenvalue weighted by atomic mass is 28.1. The predicted molar refractivity (Wildman–Crippen MR) is 96.0 cm³/mol. The Labute approximate surface area is 143 Å². The molecule has 2 rings (SSSR count). The Morgan fingerprint density at radius 3 is 2.33 bits per heavy atom. The van der Waals surface area contributed by atoms with Gasteiger partial charge in [0.05, 0.1) is 30.8 Å². The zero-order valence-electron chi connectivity index (χ0n) is 14.5. The Morgan fingerprint density at radius 1 is 1.12 bits per heavy atom. The number of hydrogen-bond donors (Lipinski definition) is 0. The number of ether oxygens (including phenoxy) is 3. The zero-order chi connectivity index (χ0) is 17.9. The normalized spacial score (nSPS) is 10.5. The summed E-state index contributed by atoms with van der Waals surface area (Å²) in [5, 5.41) is 12.5. The van der Waals surface area contributed by atoms with Crippen LogP contribution in [0.15, 0.2) is 24.3 Å². The molecule has 0 aliphatic carbocycles. The molecule has 0 saturated heterocycles. The van der Waals surface area contributed by atoms with Crippen molar-refractivity contribution in [3.63, 3.8) is 0 Å². The van der Waals surface area contributed by atoms with Crippen molar-refractivity contribution < 1.29 is 19.1 Å². The van der Waals surface area contributed by atoms with E-state index in [0.717, 1.165) is 32.3 Å². The molecule has 7 heteroatoms. The van der Waals surface area contributed by atoms with Crippen LogP contribution in [0.5, 0.6) is 17.2 Å². The Balaban J connectivity index is 2.39. The summed E-state index contributed by atoms with van der Waals surface area (Å²) >= 11 is 0.